The van der Waals surface area contributed by atoms with Crippen LogP contribution in [0.15, 0.2) is 0 Å². The summed E-state index contributed by atoms with van der Waals surface area (Å²) in [6.45, 7) is 0. The van der Waals surface area contributed by atoms with Crippen molar-refractivity contribution in [2.75, 3.05) is 6.26 Å². The Labute approximate surface area is 143 Å². The average Bonchev–Trinajstić information content (AvgIpc) is 2.25. The Hall–Kier alpha value is 0.820. The van der Waals surface area contributed by atoms with E-state index in [1.54, 1.807) is 0 Å². The fourth-order valence-corrected chi connectivity index (χ4v) is 5.73. The standard InChI is InChI=1S/C11H21NO5S2.Na/c1-18(13,14)12-10-6-7-11(19(15,16)17)9-5-3-2-4-8(9)10;/h8-12H,2-7H2,1H3,(H,15,16,17);/q;+1/p-1. The van der Waals surface area contributed by atoms with Crippen LogP contribution in [0.3, 0.4) is 0 Å². The zero-order valence-electron chi connectivity index (χ0n) is 11.9. The van der Waals surface area contributed by atoms with Gasteiger partial charge in [-0.3, -0.25) is 0 Å². The van der Waals surface area contributed by atoms with E-state index in [-0.39, 0.29) is 53.9 Å². The van der Waals surface area contributed by atoms with Gasteiger partial charge in [-0.25, -0.2) is 21.6 Å². The fraction of sp³-hybridized carbons (Fsp3) is 1.00. The van der Waals surface area contributed by atoms with Gasteiger partial charge in [0.15, 0.2) is 0 Å². The van der Waals surface area contributed by atoms with Crippen LogP contribution in [0.2, 0.25) is 0 Å². The topological polar surface area (TPSA) is 103 Å². The molecule has 0 saturated heterocycles. The summed E-state index contributed by atoms with van der Waals surface area (Å²) in [5.41, 5.74) is 0. The van der Waals surface area contributed by atoms with Crippen LogP contribution in [0.5, 0.6) is 0 Å². The summed E-state index contributed by atoms with van der Waals surface area (Å²) < 4.78 is 59.3. The van der Waals surface area contributed by atoms with Gasteiger partial charge in [0.2, 0.25) is 10.0 Å². The number of hydrogen-bond donors (Lipinski definition) is 1. The van der Waals surface area contributed by atoms with E-state index in [0.717, 1.165) is 25.5 Å². The normalized spacial score (nSPS) is 34.9. The van der Waals surface area contributed by atoms with E-state index in [1.807, 2.05) is 0 Å². The van der Waals surface area contributed by atoms with Gasteiger partial charge in [0.25, 0.3) is 0 Å². The molecule has 0 aliphatic heterocycles. The Bertz CT molecular complexity index is 533. The third-order valence-electron chi connectivity index (χ3n) is 4.37. The summed E-state index contributed by atoms with van der Waals surface area (Å²) in [6, 6.07) is -0.224. The van der Waals surface area contributed by atoms with E-state index < -0.39 is 25.4 Å². The van der Waals surface area contributed by atoms with Crippen molar-refractivity contribution in [1.29, 1.82) is 0 Å². The second kappa shape index (κ2) is 6.93. The zero-order valence-corrected chi connectivity index (χ0v) is 15.5. The van der Waals surface area contributed by atoms with Crippen LogP contribution in [-0.4, -0.2) is 38.9 Å². The van der Waals surface area contributed by atoms with Crippen LogP contribution >= 0.6 is 0 Å². The molecule has 0 heterocycles. The van der Waals surface area contributed by atoms with Crippen LogP contribution in [-0.2, 0) is 20.1 Å². The molecule has 2 aliphatic rings. The van der Waals surface area contributed by atoms with Crippen molar-refractivity contribution >= 4 is 20.1 Å². The molecule has 20 heavy (non-hydrogen) atoms. The Morgan fingerprint density at radius 1 is 0.950 bits per heavy atom. The summed E-state index contributed by atoms with van der Waals surface area (Å²) in [5, 5.41) is -0.838. The van der Waals surface area contributed by atoms with Crippen LogP contribution in [0.1, 0.15) is 38.5 Å². The Kier molecular flexibility index (Phi) is 6.54. The molecule has 4 unspecified atom stereocenters. The summed E-state index contributed by atoms with van der Waals surface area (Å²) in [6.07, 6.45) is 5.19. The van der Waals surface area contributed by atoms with Crippen LogP contribution < -0.4 is 34.3 Å². The molecule has 2 aliphatic carbocycles. The summed E-state index contributed by atoms with van der Waals surface area (Å²) in [5.74, 6) is -0.213. The maximum absolute atomic E-state index is 11.4. The van der Waals surface area contributed by atoms with Gasteiger partial charge in [-0.05, 0) is 37.5 Å². The third-order valence-corrected chi connectivity index (χ3v) is 6.43. The molecule has 9 heteroatoms. The molecule has 6 nitrogen and oxygen atoms in total. The molecule has 2 rings (SSSR count). The Morgan fingerprint density at radius 3 is 2.00 bits per heavy atom. The predicted molar refractivity (Wildman–Crippen MR) is 69.9 cm³/mol. The first-order chi connectivity index (χ1) is 8.68. The van der Waals surface area contributed by atoms with Crippen molar-refractivity contribution < 1.29 is 50.9 Å². The second-order valence-electron chi connectivity index (χ2n) is 5.72. The minimum atomic E-state index is -4.29. The van der Waals surface area contributed by atoms with Crippen molar-refractivity contribution in [3.05, 3.63) is 0 Å². The van der Waals surface area contributed by atoms with E-state index in [1.165, 1.54) is 0 Å². The molecule has 0 spiro atoms. The number of sulfonamides is 1. The first kappa shape index (κ1) is 18.9. The van der Waals surface area contributed by atoms with Crippen molar-refractivity contribution in [3.8, 4) is 0 Å². The van der Waals surface area contributed by atoms with E-state index in [9.17, 15) is 21.4 Å². The van der Waals surface area contributed by atoms with Crippen molar-refractivity contribution in [3.63, 3.8) is 0 Å². The number of fused-ring (bicyclic) bond motifs is 1. The minimum absolute atomic E-state index is 0. The molecule has 0 radical (unpaired) electrons. The first-order valence-electron chi connectivity index (χ1n) is 6.60. The van der Waals surface area contributed by atoms with E-state index in [2.05, 4.69) is 4.72 Å². The molecule has 0 aromatic heterocycles. The SMILES string of the molecule is CS(=O)(=O)NC1CCC(S(=O)(=O)[O-])C2CCCCC12.[Na+]. The van der Waals surface area contributed by atoms with Crippen LogP contribution in [0.25, 0.3) is 0 Å². The molecule has 112 valence electrons. The second-order valence-corrected chi connectivity index (χ2v) is 9.09. The molecule has 1 N–H and O–H groups in total. The van der Waals surface area contributed by atoms with Crippen LogP contribution in [0, 0.1) is 11.8 Å². The molecule has 0 aromatic carbocycles. The van der Waals surface area contributed by atoms with E-state index >= 15 is 0 Å². The molecule has 2 saturated carbocycles. The fourth-order valence-electron chi connectivity index (χ4n) is 3.70. The zero-order chi connectivity index (χ0) is 14.3. The molecule has 0 aromatic rings. The predicted octanol–water partition coefficient (Wildman–Crippen LogP) is -2.58. The number of rotatable bonds is 3. The van der Waals surface area contributed by atoms with Crippen molar-refractivity contribution in [2.24, 2.45) is 11.8 Å². The quantitative estimate of drug-likeness (QED) is 0.451. The van der Waals surface area contributed by atoms with Gasteiger partial charge in [-0.1, -0.05) is 12.8 Å². The maximum Gasteiger partial charge on any atom is 1.00 e. The van der Waals surface area contributed by atoms with Crippen molar-refractivity contribution in [2.45, 2.75) is 49.8 Å². The van der Waals surface area contributed by atoms with Gasteiger partial charge in [0.05, 0.1) is 21.6 Å². The molecule has 0 amide bonds. The Balaban J connectivity index is 0.00000200. The maximum atomic E-state index is 11.4. The Morgan fingerprint density at radius 2 is 1.50 bits per heavy atom. The number of nitrogens with one attached hydrogen (secondary N) is 1. The first-order valence-corrected chi connectivity index (χ1v) is 9.97. The monoisotopic (exact) mass is 333 g/mol. The summed E-state index contributed by atoms with van der Waals surface area (Å²) in [7, 11) is -7.60. The minimum Gasteiger partial charge on any atom is -0.748 e. The smallest absolute Gasteiger partial charge is 0.748 e. The average molecular weight is 333 g/mol. The molecule has 0 bridgehead atoms. The largest absolute Gasteiger partial charge is 1.00 e. The molecule has 4 atom stereocenters. The van der Waals surface area contributed by atoms with Gasteiger partial charge in [-0.15, -0.1) is 0 Å². The molecular formula is C11H20NNaO5S2. The van der Waals surface area contributed by atoms with Crippen molar-refractivity contribution in [1.82, 2.24) is 4.72 Å². The van der Waals surface area contributed by atoms with Crippen LogP contribution in [0.4, 0.5) is 0 Å². The van der Waals surface area contributed by atoms with E-state index in [4.69, 9.17) is 0 Å². The molecular weight excluding hydrogens is 313 g/mol. The molecule has 2 fully saturated rings. The third kappa shape index (κ3) is 4.66. The van der Waals surface area contributed by atoms with Gasteiger partial charge in [0, 0.05) is 6.04 Å². The van der Waals surface area contributed by atoms with Gasteiger partial charge in [0.1, 0.15) is 0 Å². The van der Waals surface area contributed by atoms with Gasteiger partial charge >= 0.3 is 29.6 Å². The summed E-state index contributed by atoms with van der Waals surface area (Å²) in [4.78, 5) is 0. The number of hydrogen-bond acceptors (Lipinski definition) is 5. The summed E-state index contributed by atoms with van der Waals surface area (Å²) >= 11 is 0. The van der Waals surface area contributed by atoms with Gasteiger partial charge < -0.3 is 4.55 Å². The van der Waals surface area contributed by atoms with Gasteiger partial charge in [-0.2, -0.15) is 0 Å². The van der Waals surface area contributed by atoms with E-state index in [0.29, 0.717) is 12.8 Å².